The van der Waals surface area contributed by atoms with Crippen molar-refractivity contribution >= 4 is 15.9 Å². The van der Waals surface area contributed by atoms with Crippen LogP contribution in [0.4, 0.5) is 0 Å². The molecule has 0 bridgehead atoms. The molecule has 84 valence electrons. The van der Waals surface area contributed by atoms with Gasteiger partial charge < -0.3 is 15.0 Å². The third kappa shape index (κ3) is 1.94. The van der Waals surface area contributed by atoms with Gasteiger partial charge in [0.05, 0.1) is 19.2 Å². The molecule has 0 saturated heterocycles. The highest BCUT2D eigenvalue weighted by Gasteiger charge is 2.15. The van der Waals surface area contributed by atoms with Crippen LogP contribution in [-0.4, -0.2) is 17.3 Å². The summed E-state index contributed by atoms with van der Waals surface area (Å²) < 4.78 is 11.0. The minimum atomic E-state index is 0.222. The van der Waals surface area contributed by atoms with Crippen LogP contribution in [0, 0.1) is 0 Å². The van der Waals surface area contributed by atoms with Crippen LogP contribution >= 0.6 is 15.9 Å². The van der Waals surface area contributed by atoms with Crippen molar-refractivity contribution in [2.45, 2.75) is 6.54 Å². The van der Waals surface area contributed by atoms with Crippen LogP contribution in [0.5, 0.6) is 5.75 Å². The van der Waals surface area contributed by atoms with E-state index in [1.165, 1.54) is 0 Å². The lowest BCUT2D eigenvalue weighted by molar-refractivity contribution is 0.379. The number of halogens is 1. The largest absolute Gasteiger partial charge is 0.496 e. The van der Waals surface area contributed by atoms with E-state index in [0.29, 0.717) is 17.5 Å². The second kappa shape index (κ2) is 4.63. The zero-order valence-electron chi connectivity index (χ0n) is 8.61. The molecule has 0 spiro atoms. The predicted octanol–water partition coefficient (Wildman–Crippen LogP) is 1.97. The highest BCUT2D eigenvalue weighted by molar-refractivity contribution is 9.10. The molecule has 0 amide bonds. The molecule has 1 heterocycles. The molecular formula is C10H10BrN3O2. The molecule has 5 nitrogen and oxygen atoms in total. The Morgan fingerprint density at radius 2 is 2.31 bits per heavy atom. The number of benzene rings is 1. The van der Waals surface area contributed by atoms with Crippen molar-refractivity contribution in [3.63, 3.8) is 0 Å². The monoisotopic (exact) mass is 283 g/mol. The molecule has 2 N–H and O–H groups in total. The van der Waals surface area contributed by atoms with E-state index in [4.69, 9.17) is 15.0 Å². The van der Waals surface area contributed by atoms with E-state index < -0.39 is 0 Å². The number of methoxy groups -OCH3 is 1. The summed E-state index contributed by atoms with van der Waals surface area (Å²) in [7, 11) is 1.59. The van der Waals surface area contributed by atoms with Gasteiger partial charge in [0.2, 0.25) is 11.7 Å². The van der Waals surface area contributed by atoms with Crippen LogP contribution in [0.1, 0.15) is 5.89 Å². The van der Waals surface area contributed by atoms with Crippen molar-refractivity contribution in [3.8, 4) is 17.1 Å². The first kappa shape index (κ1) is 11.1. The van der Waals surface area contributed by atoms with Gasteiger partial charge in [0.15, 0.2) is 0 Å². The van der Waals surface area contributed by atoms with Crippen LogP contribution in [0.2, 0.25) is 0 Å². The Hall–Kier alpha value is -1.40. The van der Waals surface area contributed by atoms with Gasteiger partial charge in [0.1, 0.15) is 5.75 Å². The molecule has 2 aromatic rings. The summed E-state index contributed by atoms with van der Waals surface area (Å²) in [6.07, 6.45) is 0. The summed E-state index contributed by atoms with van der Waals surface area (Å²) in [5, 5.41) is 3.85. The van der Waals surface area contributed by atoms with Crippen LogP contribution in [-0.2, 0) is 6.54 Å². The SMILES string of the molecule is COc1cccc(Br)c1-c1noc(CN)n1. The first-order valence-corrected chi connectivity index (χ1v) is 5.41. The Balaban J connectivity index is 2.53. The zero-order valence-corrected chi connectivity index (χ0v) is 10.2. The Morgan fingerprint density at radius 3 is 2.94 bits per heavy atom. The fourth-order valence-electron chi connectivity index (χ4n) is 1.33. The van der Waals surface area contributed by atoms with Gasteiger partial charge in [-0.1, -0.05) is 11.2 Å². The molecule has 16 heavy (non-hydrogen) atoms. The molecule has 1 aromatic carbocycles. The number of hydrogen-bond donors (Lipinski definition) is 1. The van der Waals surface area contributed by atoms with Crippen molar-refractivity contribution in [2.24, 2.45) is 5.73 Å². The fourth-order valence-corrected chi connectivity index (χ4v) is 1.86. The average Bonchev–Trinajstić information content (AvgIpc) is 2.76. The summed E-state index contributed by atoms with van der Waals surface area (Å²) in [5.74, 6) is 1.54. The summed E-state index contributed by atoms with van der Waals surface area (Å²) in [5.41, 5.74) is 6.17. The minimum absolute atomic E-state index is 0.222. The third-order valence-corrected chi connectivity index (χ3v) is 2.72. The Bertz CT molecular complexity index is 499. The second-order valence-electron chi connectivity index (χ2n) is 3.03. The van der Waals surface area contributed by atoms with Crippen molar-refractivity contribution < 1.29 is 9.26 Å². The Morgan fingerprint density at radius 1 is 1.50 bits per heavy atom. The fraction of sp³-hybridized carbons (Fsp3) is 0.200. The maximum Gasteiger partial charge on any atom is 0.240 e. The quantitative estimate of drug-likeness (QED) is 0.932. The topological polar surface area (TPSA) is 74.2 Å². The summed E-state index contributed by atoms with van der Waals surface area (Å²) in [4.78, 5) is 4.16. The van der Waals surface area contributed by atoms with Gasteiger partial charge in [0.25, 0.3) is 0 Å². The number of rotatable bonds is 3. The molecule has 0 unspecified atom stereocenters. The molecule has 0 radical (unpaired) electrons. The van der Waals surface area contributed by atoms with Crippen molar-refractivity contribution in [1.29, 1.82) is 0 Å². The lowest BCUT2D eigenvalue weighted by Crippen LogP contribution is -1.96. The number of nitrogens with zero attached hydrogens (tertiary/aromatic N) is 2. The molecule has 2 rings (SSSR count). The third-order valence-electron chi connectivity index (χ3n) is 2.06. The van der Waals surface area contributed by atoms with E-state index in [1.807, 2.05) is 18.2 Å². The first-order chi connectivity index (χ1) is 7.76. The number of hydrogen-bond acceptors (Lipinski definition) is 5. The minimum Gasteiger partial charge on any atom is -0.496 e. The van der Waals surface area contributed by atoms with Gasteiger partial charge in [-0.3, -0.25) is 0 Å². The van der Waals surface area contributed by atoms with Crippen molar-refractivity contribution in [2.75, 3.05) is 7.11 Å². The molecule has 6 heteroatoms. The number of aromatic nitrogens is 2. The molecule has 0 aliphatic carbocycles. The summed E-state index contributed by atoms with van der Waals surface area (Å²) in [6, 6.07) is 5.59. The van der Waals surface area contributed by atoms with E-state index in [-0.39, 0.29) is 6.54 Å². The molecular weight excluding hydrogens is 274 g/mol. The van der Waals surface area contributed by atoms with E-state index in [9.17, 15) is 0 Å². The zero-order chi connectivity index (χ0) is 11.5. The van der Waals surface area contributed by atoms with Crippen molar-refractivity contribution in [3.05, 3.63) is 28.6 Å². The molecule has 0 fully saturated rings. The van der Waals surface area contributed by atoms with Gasteiger partial charge in [0, 0.05) is 4.47 Å². The molecule has 0 saturated carbocycles. The normalized spacial score (nSPS) is 10.4. The van der Waals surface area contributed by atoms with Crippen LogP contribution in [0.25, 0.3) is 11.4 Å². The standard InChI is InChI=1S/C10H10BrN3O2/c1-15-7-4-2-3-6(11)9(7)10-13-8(5-12)16-14-10/h2-4H,5,12H2,1H3. The number of ether oxygens (including phenoxy) is 1. The first-order valence-electron chi connectivity index (χ1n) is 4.61. The Labute approximate surface area is 101 Å². The van der Waals surface area contributed by atoms with E-state index in [1.54, 1.807) is 7.11 Å². The van der Waals surface area contributed by atoms with Crippen LogP contribution in [0.15, 0.2) is 27.2 Å². The van der Waals surface area contributed by atoms with Crippen LogP contribution < -0.4 is 10.5 Å². The van der Waals surface area contributed by atoms with E-state index in [0.717, 1.165) is 10.0 Å². The maximum atomic E-state index is 5.41. The molecule has 1 aromatic heterocycles. The Kier molecular flexibility index (Phi) is 3.21. The highest BCUT2D eigenvalue weighted by atomic mass is 79.9. The lowest BCUT2D eigenvalue weighted by atomic mass is 10.2. The number of nitrogens with two attached hydrogens (primary N) is 1. The van der Waals surface area contributed by atoms with Gasteiger partial charge in [-0.2, -0.15) is 4.98 Å². The average molecular weight is 284 g/mol. The van der Waals surface area contributed by atoms with E-state index >= 15 is 0 Å². The predicted molar refractivity (Wildman–Crippen MR) is 61.9 cm³/mol. The molecule has 0 atom stereocenters. The van der Waals surface area contributed by atoms with E-state index in [2.05, 4.69) is 26.1 Å². The molecule has 0 aliphatic heterocycles. The lowest BCUT2D eigenvalue weighted by Gasteiger charge is -2.06. The van der Waals surface area contributed by atoms with Gasteiger partial charge in [-0.15, -0.1) is 0 Å². The summed E-state index contributed by atoms with van der Waals surface area (Å²) >= 11 is 3.42. The van der Waals surface area contributed by atoms with Crippen LogP contribution in [0.3, 0.4) is 0 Å². The van der Waals surface area contributed by atoms with Crippen molar-refractivity contribution in [1.82, 2.24) is 10.1 Å². The van der Waals surface area contributed by atoms with Gasteiger partial charge in [-0.25, -0.2) is 0 Å². The highest BCUT2D eigenvalue weighted by Crippen LogP contribution is 2.34. The van der Waals surface area contributed by atoms with Gasteiger partial charge in [-0.05, 0) is 28.1 Å². The molecule has 0 aliphatic rings. The smallest absolute Gasteiger partial charge is 0.240 e. The van der Waals surface area contributed by atoms with Gasteiger partial charge >= 0.3 is 0 Å². The summed E-state index contributed by atoms with van der Waals surface area (Å²) in [6.45, 7) is 0.222. The second-order valence-corrected chi connectivity index (χ2v) is 3.89. The maximum absolute atomic E-state index is 5.41.